The Labute approximate surface area is 188 Å². The molecule has 0 radical (unpaired) electrons. The summed E-state index contributed by atoms with van der Waals surface area (Å²) < 4.78 is 16.8. The van der Waals surface area contributed by atoms with Crippen LogP contribution in [0, 0.1) is 6.92 Å². The van der Waals surface area contributed by atoms with Crippen LogP contribution in [0.25, 0.3) is 0 Å². The van der Waals surface area contributed by atoms with E-state index in [4.69, 9.17) is 14.2 Å². The first-order valence-corrected chi connectivity index (χ1v) is 10.8. The highest BCUT2D eigenvalue weighted by atomic mass is 16.5. The van der Waals surface area contributed by atoms with Gasteiger partial charge in [0.2, 0.25) is 0 Å². The molecule has 0 saturated heterocycles. The van der Waals surface area contributed by atoms with Gasteiger partial charge in [-0.15, -0.1) is 0 Å². The Morgan fingerprint density at radius 3 is 2.44 bits per heavy atom. The fourth-order valence-corrected chi connectivity index (χ4v) is 3.60. The van der Waals surface area contributed by atoms with Crippen molar-refractivity contribution in [1.29, 1.82) is 0 Å². The number of nitrogens with one attached hydrogen (secondary N) is 2. The molecule has 1 unspecified atom stereocenters. The molecule has 2 N–H and O–H groups in total. The van der Waals surface area contributed by atoms with E-state index in [9.17, 15) is 9.59 Å². The number of aryl methyl sites for hydroxylation is 1. The maximum atomic E-state index is 12.6. The van der Waals surface area contributed by atoms with E-state index < -0.39 is 12.0 Å². The predicted octanol–water partition coefficient (Wildman–Crippen LogP) is 4.55. The fourth-order valence-electron chi connectivity index (χ4n) is 3.60. The van der Waals surface area contributed by atoms with Gasteiger partial charge in [0.15, 0.2) is 11.5 Å². The van der Waals surface area contributed by atoms with E-state index in [1.165, 1.54) is 12.7 Å². The van der Waals surface area contributed by atoms with Crippen LogP contribution in [-0.4, -0.2) is 25.7 Å². The molecule has 3 rings (SSSR count). The Hall–Kier alpha value is -3.48. The number of rotatable bonds is 9. The van der Waals surface area contributed by atoms with Crippen LogP contribution in [-0.2, 0) is 16.1 Å². The molecule has 0 fully saturated rings. The second kappa shape index (κ2) is 10.7. The normalized spacial score (nSPS) is 15.6. The Balaban J connectivity index is 1.93. The van der Waals surface area contributed by atoms with E-state index in [0.29, 0.717) is 48.0 Å². The summed E-state index contributed by atoms with van der Waals surface area (Å²) in [5.41, 5.74) is 3.91. The average Bonchev–Trinajstić information content (AvgIpc) is 2.79. The third-order valence-electron chi connectivity index (χ3n) is 5.17. The lowest BCUT2D eigenvalue weighted by Crippen LogP contribution is -2.45. The molecule has 0 aliphatic carbocycles. The van der Waals surface area contributed by atoms with Gasteiger partial charge in [-0.25, -0.2) is 9.59 Å². The molecule has 7 nitrogen and oxygen atoms in total. The van der Waals surface area contributed by atoms with Crippen LogP contribution in [0.5, 0.6) is 11.5 Å². The Bertz CT molecular complexity index is 998. The zero-order valence-electron chi connectivity index (χ0n) is 19.0. The van der Waals surface area contributed by atoms with Crippen molar-refractivity contribution in [1.82, 2.24) is 10.6 Å². The average molecular weight is 439 g/mol. The summed E-state index contributed by atoms with van der Waals surface area (Å²) in [6, 6.07) is 12.6. The number of esters is 1. The first kappa shape index (κ1) is 23.2. The molecule has 2 amide bonds. The zero-order valence-corrected chi connectivity index (χ0v) is 19.0. The van der Waals surface area contributed by atoms with Gasteiger partial charge in [0.25, 0.3) is 0 Å². The van der Waals surface area contributed by atoms with Crippen LogP contribution in [0.3, 0.4) is 0 Å². The van der Waals surface area contributed by atoms with Gasteiger partial charge < -0.3 is 24.8 Å². The molecule has 170 valence electrons. The van der Waals surface area contributed by atoms with Gasteiger partial charge in [0.05, 0.1) is 25.3 Å². The van der Waals surface area contributed by atoms with Crippen LogP contribution >= 0.6 is 0 Å². The second-order valence-electron chi connectivity index (χ2n) is 7.58. The number of carbonyl (C=O) groups is 2. The summed E-state index contributed by atoms with van der Waals surface area (Å²) in [5.74, 6) is 0.656. The first-order valence-electron chi connectivity index (χ1n) is 10.8. The highest BCUT2D eigenvalue weighted by Gasteiger charge is 2.33. The molecule has 0 saturated carbocycles. The van der Waals surface area contributed by atoms with Gasteiger partial charge in [-0.1, -0.05) is 49.2 Å². The molecule has 1 heterocycles. The molecule has 1 atom stereocenters. The van der Waals surface area contributed by atoms with Crippen molar-refractivity contribution in [3.63, 3.8) is 0 Å². The predicted molar refractivity (Wildman–Crippen MR) is 121 cm³/mol. The van der Waals surface area contributed by atoms with Crippen LogP contribution in [0.4, 0.5) is 4.79 Å². The molecule has 0 aromatic heterocycles. The lowest BCUT2D eigenvalue weighted by Gasteiger charge is -2.29. The lowest BCUT2D eigenvalue weighted by molar-refractivity contribution is -0.136. The van der Waals surface area contributed by atoms with Crippen molar-refractivity contribution >= 4 is 12.0 Å². The molecule has 1 aliphatic rings. The Morgan fingerprint density at radius 2 is 1.78 bits per heavy atom. The largest absolute Gasteiger partial charge is 0.490 e. The minimum absolute atomic E-state index is 0.358. The highest BCUT2D eigenvalue weighted by Crippen LogP contribution is 2.35. The number of hydrogen-bond donors (Lipinski definition) is 2. The van der Waals surface area contributed by atoms with Crippen LogP contribution in [0.1, 0.15) is 49.4 Å². The molecule has 7 heteroatoms. The van der Waals surface area contributed by atoms with Gasteiger partial charge in [-0.3, -0.25) is 0 Å². The second-order valence-corrected chi connectivity index (χ2v) is 7.58. The number of urea groups is 1. The molecular formula is C25H30N2O5. The minimum atomic E-state index is -0.650. The first-order chi connectivity index (χ1) is 15.5. The number of ether oxygens (including phenoxy) is 3. The summed E-state index contributed by atoms with van der Waals surface area (Å²) in [4.78, 5) is 24.9. The summed E-state index contributed by atoms with van der Waals surface area (Å²) in [6.07, 6.45) is 1.34. The third-order valence-corrected chi connectivity index (χ3v) is 5.17. The van der Waals surface area contributed by atoms with E-state index in [1.54, 1.807) is 12.1 Å². The van der Waals surface area contributed by atoms with E-state index in [0.717, 1.165) is 12.0 Å². The molecular weight excluding hydrogens is 408 g/mol. The number of amides is 2. The monoisotopic (exact) mass is 438 g/mol. The summed E-state index contributed by atoms with van der Waals surface area (Å²) in [6.45, 7) is 6.76. The van der Waals surface area contributed by atoms with Gasteiger partial charge in [-0.05, 0) is 43.5 Å². The van der Waals surface area contributed by atoms with Crippen molar-refractivity contribution in [3.05, 3.63) is 70.4 Å². The van der Waals surface area contributed by atoms with Gasteiger partial charge in [0.1, 0.15) is 6.61 Å². The van der Waals surface area contributed by atoms with E-state index in [-0.39, 0.29) is 6.03 Å². The number of hydrogen-bond acceptors (Lipinski definition) is 5. The Morgan fingerprint density at radius 1 is 1.03 bits per heavy atom. The van der Waals surface area contributed by atoms with Crippen LogP contribution in [0.2, 0.25) is 0 Å². The van der Waals surface area contributed by atoms with E-state index in [2.05, 4.69) is 10.6 Å². The summed E-state index contributed by atoms with van der Waals surface area (Å²) in [5, 5.41) is 5.58. The summed E-state index contributed by atoms with van der Waals surface area (Å²) >= 11 is 0. The quantitative estimate of drug-likeness (QED) is 0.561. The standard InChI is InChI=1S/C25H30N2O5/c1-5-7-19-22(24(28)30-4)23(27-25(29)26-19)18-12-13-20(21(14-18)31-6-2)32-15-17-10-8-16(3)9-11-17/h8-14,23H,5-7,15H2,1-4H3,(H2,26,27,29). The molecule has 0 bridgehead atoms. The summed E-state index contributed by atoms with van der Waals surface area (Å²) in [7, 11) is 1.33. The van der Waals surface area contributed by atoms with E-state index in [1.807, 2.05) is 51.1 Å². The molecule has 0 spiro atoms. The zero-order chi connectivity index (χ0) is 23.1. The molecule has 1 aliphatic heterocycles. The van der Waals surface area contributed by atoms with Gasteiger partial charge >= 0.3 is 12.0 Å². The minimum Gasteiger partial charge on any atom is -0.490 e. The molecule has 32 heavy (non-hydrogen) atoms. The van der Waals surface area contributed by atoms with Gasteiger partial charge in [0, 0.05) is 5.70 Å². The van der Waals surface area contributed by atoms with Gasteiger partial charge in [-0.2, -0.15) is 0 Å². The van der Waals surface area contributed by atoms with Crippen molar-refractivity contribution in [2.45, 2.75) is 46.3 Å². The van der Waals surface area contributed by atoms with Crippen LogP contribution in [0.15, 0.2) is 53.7 Å². The highest BCUT2D eigenvalue weighted by molar-refractivity contribution is 5.95. The number of carbonyl (C=O) groups excluding carboxylic acids is 2. The van der Waals surface area contributed by atoms with Crippen molar-refractivity contribution in [2.75, 3.05) is 13.7 Å². The SMILES string of the molecule is CCCC1=C(C(=O)OC)C(c2ccc(OCc3ccc(C)cc3)c(OCC)c2)NC(=O)N1. The smallest absolute Gasteiger partial charge is 0.337 e. The van der Waals surface area contributed by atoms with Crippen molar-refractivity contribution < 1.29 is 23.8 Å². The fraction of sp³-hybridized carbons (Fsp3) is 0.360. The lowest BCUT2D eigenvalue weighted by atomic mass is 9.93. The van der Waals surface area contributed by atoms with Crippen molar-refractivity contribution in [2.24, 2.45) is 0 Å². The topological polar surface area (TPSA) is 85.9 Å². The third kappa shape index (κ3) is 5.41. The number of methoxy groups -OCH3 is 1. The molecule has 2 aromatic carbocycles. The Kier molecular flexibility index (Phi) is 7.76. The maximum absolute atomic E-state index is 12.6. The maximum Gasteiger partial charge on any atom is 0.337 e. The van der Waals surface area contributed by atoms with Crippen molar-refractivity contribution in [3.8, 4) is 11.5 Å². The molecule has 2 aromatic rings. The van der Waals surface area contributed by atoms with E-state index >= 15 is 0 Å². The van der Waals surface area contributed by atoms with Crippen LogP contribution < -0.4 is 20.1 Å². The number of allylic oxidation sites excluding steroid dienone is 1. The number of benzene rings is 2.